The Morgan fingerprint density at radius 1 is 1.12 bits per heavy atom. The normalized spacial score (nSPS) is 26.2. The summed E-state index contributed by atoms with van der Waals surface area (Å²) in [4.78, 5) is 0. The predicted molar refractivity (Wildman–Crippen MR) is 105 cm³/mol. The molecule has 0 bridgehead atoms. The summed E-state index contributed by atoms with van der Waals surface area (Å²) in [6, 6.07) is 0. The standard InChI is InChI=1S/C20H40O3Si/c1-11-12-19(18-13-21-20(9,10)22-17(18)8)23-24(14(2)3,15(4)5)16(6)7/h11,14-19H,1,12-13H2,2-10H3/t17-,18+,19-/m1/s1. The van der Waals surface area contributed by atoms with Gasteiger partial charge in [0.05, 0.1) is 18.8 Å². The molecule has 4 heteroatoms. The highest BCUT2D eigenvalue weighted by Gasteiger charge is 2.49. The zero-order chi connectivity index (χ0) is 18.7. The monoisotopic (exact) mass is 356 g/mol. The van der Waals surface area contributed by atoms with Crippen molar-refractivity contribution in [3.05, 3.63) is 12.7 Å². The average molecular weight is 357 g/mol. The van der Waals surface area contributed by atoms with Gasteiger partial charge in [0.25, 0.3) is 0 Å². The van der Waals surface area contributed by atoms with Crippen LogP contribution in [0.1, 0.15) is 68.7 Å². The Morgan fingerprint density at radius 3 is 2.00 bits per heavy atom. The fourth-order valence-electron chi connectivity index (χ4n) is 4.56. The second kappa shape index (κ2) is 8.48. The van der Waals surface area contributed by atoms with Crippen molar-refractivity contribution in [2.45, 2.75) is 103 Å². The van der Waals surface area contributed by atoms with E-state index in [2.05, 4.69) is 55.0 Å². The van der Waals surface area contributed by atoms with E-state index in [0.29, 0.717) is 23.2 Å². The lowest BCUT2D eigenvalue weighted by Gasteiger charge is -2.49. The number of hydrogen-bond acceptors (Lipinski definition) is 3. The summed E-state index contributed by atoms with van der Waals surface area (Å²) in [5, 5.41) is 0. The molecule has 1 aliphatic rings. The maximum Gasteiger partial charge on any atom is 0.200 e. The molecule has 1 aliphatic heterocycles. The Balaban J connectivity index is 3.08. The van der Waals surface area contributed by atoms with E-state index < -0.39 is 14.1 Å². The SMILES string of the molecule is C=CC[C@@H](O[Si](C(C)C)(C(C)C)C(C)C)[C@H]1COC(C)(C)O[C@@H]1C. The smallest absolute Gasteiger partial charge is 0.200 e. The van der Waals surface area contributed by atoms with Crippen LogP contribution in [0.2, 0.25) is 16.6 Å². The molecule has 0 saturated carbocycles. The lowest BCUT2D eigenvalue weighted by atomic mass is 9.94. The van der Waals surface area contributed by atoms with Gasteiger partial charge in [0, 0.05) is 5.92 Å². The number of ether oxygens (including phenoxy) is 2. The summed E-state index contributed by atoms with van der Waals surface area (Å²) >= 11 is 0. The van der Waals surface area contributed by atoms with E-state index in [4.69, 9.17) is 13.9 Å². The van der Waals surface area contributed by atoms with E-state index in [1.54, 1.807) is 0 Å². The van der Waals surface area contributed by atoms with E-state index in [1.807, 2.05) is 19.9 Å². The first kappa shape index (κ1) is 21.9. The van der Waals surface area contributed by atoms with E-state index in [0.717, 1.165) is 6.42 Å². The van der Waals surface area contributed by atoms with Crippen LogP contribution in [-0.4, -0.2) is 32.9 Å². The molecule has 1 heterocycles. The largest absolute Gasteiger partial charge is 0.412 e. The van der Waals surface area contributed by atoms with Crippen LogP contribution in [0.3, 0.4) is 0 Å². The Bertz CT molecular complexity index is 382. The van der Waals surface area contributed by atoms with Crippen molar-refractivity contribution >= 4 is 8.32 Å². The minimum atomic E-state index is -1.94. The molecule has 0 radical (unpaired) electrons. The first-order chi connectivity index (χ1) is 11.0. The van der Waals surface area contributed by atoms with Crippen LogP contribution < -0.4 is 0 Å². The molecule has 0 aliphatic carbocycles. The Kier molecular flexibility index (Phi) is 7.73. The van der Waals surface area contributed by atoms with Gasteiger partial charge in [0.2, 0.25) is 8.32 Å². The van der Waals surface area contributed by atoms with Crippen molar-refractivity contribution in [2.75, 3.05) is 6.61 Å². The van der Waals surface area contributed by atoms with Gasteiger partial charge >= 0.3 is 0 Å². The van der Waals surface area contributed by atoms with Crippen LogP contribution in [0.5, 0.6) is 0 Å². The van der Waals surface area contributed by atoms with Crippen molar-refractivity contribution in [1.29, 1.82) is 0 Å². The zero-order valence-electron chi connectivity index (χ0n) is 17.4. The third-order valence-corrected chi connectivity index (χ3v) is 11.8. The van der Waals surface area contributed by atoms with Crippen molar-refractivity contribution in [3.8, 4) is 0 Å². The maximum absolute atomic E-state index is 7.05. The predicted octanol–water partition coefficient (Wildman–Crippen LogP) is 5.91. The highest BCUT2D eigenvalue weighted by molar-refractivity contribution is 6.77. The van der Waals surface area contributed by atoms with Crippen LogP contribution in [0.15, 0.2) is 12.7 Å². The fraction of sp³-hybridized carbons (Fsp3) is 0.900. The average Bonchev–Trinajstić information content (AvgIpc) is 2.41. The maximum atomic E-state index is 7.05. The third-order valence-electron chi connectivity index (χ3n) is 5.64. The lowest BCUT2D eigenvalue weighted by Crippen LogP contribution is -2.55. The van der Waals surface area contributed by atoms with Gasteiger partial charge in [-0.25, -0.2) is 0 Å². The van der Waals surface area contributed by atoms with E-state index in [9.17, 15) is 0 Å². The molecule has 0 aromatic rings. The molecular formula is C20H40O3Si. The third kappa shape index (κ3) is 4.72. The Hall–Kier alpha value is -0.163. The van der Waals surface area contributed by atoms with Crippen LogP contribution >= 0.6 is 0 Å². The number of hydrogen-bond donors (Lipinski definition) is 0. The fourth-order valence-corrected chi connectivity index (χ4v) is 10.2. The Labute approximate surface area is 151 Å². The van der Waals surface area contributed by atoms with Gasteiger partial charge in [0.1, 0.15) is 0 Å². The van der Waals surface area contributed by atoms with E-state index >= 15 is 0 Å². The van der Waals surface area contributed by atoms with Gasteiger partial charge in [-0.3, -0.25) is 0 Å². The molecule has 3 atom stereocenters. The molecule has 0 aromatic carbocycles. The second-order valence-electron chi connectivity index (χ2n) is 8.70. The molecule has 3 nitrogen and oxygen atoms in total. The van der Waals surface area contributed by atoms with Gasteiger partial charge in [-0.15, -0.1) is 6.58 Å². The summed E-state index contributed by atoms with van der Waals surface area (Å²) in [6.45, 7) is 24.8. The molecule has 0 unspecified atom stereocenters. The van der Waals surface area contributed by atoms with E-state index in [1.165, 1.54) is 0 Å². The molecule has 1 fully saturated rings. The molecule has 0 N–H and O–H groups in total. The summed E-state index contributed by atoms with van der Waals surface area (Å²) in [5.74, 6) is -0.253. The lowest BCUT2D eigenvalue weighted by molar-refractivity contribution is -0.297. The van der Waals surface area contributed by atoms with E-state index in [-0.39, 0.29) is 18.1 Å². The molecule has 0 spiro atoms. The minimum absolute atomic E-state index is 0.118. The topological polar surface area (TPSA) is 27.7 Å². The van der Waals surface area contributed by atoms with Gasteiger partial charge in [-0.2, -0.15) is 0 Å². The summed E-state index contributed by atoms with van der Waals surface area (Å²) in [6.07, 6.45) is 3.07. The van der Waals surface area contributed by atoms with Gasteiger partial charge < -0.3 is 13.9 Å². The molecule has 1 rings (SSSR count). The van der Waals surface area contributed by atoms with Crippen LogP contribution in [-0.2, 0) is 13.9 Å². The summed E-state index contributed by atoms with van der Waals surface area (Å²) in [5.41, 5.74) is 1.71. The quantitative estimate of drug-likeness (QED) is 0.399. The second-order valence-corrected chi connectivity index (χ2v) is 14.1. The molecule has 0 aromatic heterocycles. The van der Waals surface area contributed by atoms with Gasteiger partial charge in [0.15, 0.2) is 5.79 Å². The first-order valence-corrected chi connectivity index (χ1v) is 11.7. The van der Waals surface area contributed by atoms with Crippen LogP contribution in [0.4, 0.5) is 0 Å². The van der Waals surface area contributed by atoms with Crippen molar-refractivity contribution < 1.29 is 13.9 Å². The van der Waals surface area contributed by atoms with Crippen LogP contribution in [0.25, 0.3) is 0 Å². The summed E-state index contributed by atoms with van der Waals surface area (Å²) in [7, 11) is -1.94. The van der Waals surface area contributed by atoms with Gasteiger partial charge in [-0.1, -0.05) is 47.6 Å². The molecular weight excluding hydrogens is 316 g/mol. The first-order valence-electron chi connectivity index (χ1n) is 9.58. The minimum Gasteiger partial charge on any atom is -0.412 e. The molecule has 1 saturated heterocycles. The van der Waals surface area contributed by atoms with Crippen molar-refractivity contribution in [1.82, 2.24) is 0 Å². The molecule has 0 amide bonds. The zero-order valence-corrected chi connectivity index (χ0v) is 18.4. The van der Waals surface area contributed by atoms with Crippen molar-refractivity contribution in [3.63, 3.8) is 0 Å². The van der Waals surface area contributed by atoms with Gasteiger partial charge in [-0.05, 0) is 43.8 Å². The highest BCUT2D eigenvalue weighted by Crippen LogP contribution is 2.45. The van der Waals surface area contributed by atoms with Crippen LogP contribution in [0, 0.1) is 5.92 Å². The highest BCUT2D eigenvalue weighted by atomic mass is 28.4. The summed E-state index contributed by atoms with van der Waals surface area (Å²) < 4.78 is 19.1. The van der Waals surface area contributed by atoms with Crippen molar-refractivity contribution in [2.24, 2.45) is 5.92 Å². The molecule has 24 heavy (non-hydrogen) atoms. The molecule has 142 valence electrons. The number of rotatable bonds is 8. The Morgan fingerprint density at radius 2 is 1.62 bits per heavy atom.